The summed E-state index contributed by atoms with van der Waals surface area (Å²) in [4.78, 5) is 2.06. The number of hydrogen-bond donors (Lipinski definition) is 1. The molecule has 0 saturated carbocycles. The third kappa shape index (κ3) is 6.94. The highest BCUT2D eigenvalue weighted by Crippen LogP contribution is 2.15. The van der Waals surface area contributed by atoms with Gasteiger partial charge in [0.1, 0.15) is 0 Å². The molecular weight excluding hydrogens is 232 g/mol. The van der Waals surface area contributed by atoms with Gasteiger partial charge in [0.2, 0.25) is 0 Å². The lowest BCUT2D eigenvalue weighted by atomic mass is 10.2. The molecule has 0 heterocycles. The molecule has 0 aromatic rings. The Morgan fingerprint density at radius 1 is 1.16 bits per heavy atom. The summed E-state index contributed by atoms with van der Waals surface area (Å²) in [6.45, 7) is 19.9. The molecule has 0 aromatic carbocycles. The first-order chi connectivity index (χ1) is 8.92. The fourth-order valence-corrected chi connectivity index (χ4v) is 1.44. The lowest BCUT2D eigenvalue weighted by Crippen LogP contribution is -2.21. The Hall–Kier alpha value is -2.22. The van der Waals surface area contributed by atoms with Crippen molar-refractivity contribution in [1.29, 1.82) is 0 Å². The van der Waals surface area contributed by atoms with E-state index in [4.69, 9.17) is 5.73 Å². The van der Waals surface area contributed by atoms with Crippen molar-refractivity contribution in [3.8, 4) is 0 Å². The van der Waals surface area contributed by atoms with Crippen molar-refractivity contribution in [2.75, 3.05) is 6.54 Å². The summed E-state index contributed by atoms with van der Waals surface area (Å²) in [5, 5.41) is 0. The Bertz CT molecular complexity index is 448. The van der Waals surface area contributed by atoms with Crippen molar-refractivity contribution in [2.45, 2.75) is 13.8 Å². The number of rotatable bonds is 8. The van der Waals surface area contributed by atoms with E-state index in [1.54, 1.807) is 12.2 Å². The van der Waals surface area contributed by atoms with Gasteiger partial charge in [-0.1, -0.05) is 50.6 Å². The van der Waals surface area contributed by atoms with Crippen molar-refractivity contribution in [1.82, 2.24) is 4.90 Å². The molecule has 0 aliphatic heterocycles. The van der Waals surface area contributed by atoms with Gasteiger partial charge in [-0.2, -0.15) is 0 Å². The summed E-state index contributed by atoms with van der Waals surface area (Å²) in [6, 6.07) is 0. The van der Waals surface area contributed by atoms with Crippen LogP contribution in [0.2, 0.25) is 0 Å². The minimum absolute atomic E-state index is 0.520. The van der Waals surface area contributed by atoms with Gasteiger partial charge >= 0.3 is 0 Å². The maximum absolute atomic E-state index is 5.55. The van der Waals surface area contributed by atoms with Crippen LogP contribution >= 0.6 is 0 Å². The number of allylic oxidation sites excluding steroid dienone is 6. The monoisotopic (exact) mass is 256 g/mol. The molecule has 0 atom stereocenters. The van der Waals surface area contributed by atoms with Gasteiger partial charge in [-0.05, 0) is 31.6 Å². The molecule has 2 nitrogen and oxygen atoms in total. The Kier molecular flexibility index (Phi) is 7.78. The second-order valence-electron chi connectivity index (χ2n) is 4.20. The van der Waals surface area contributed by atoms with E-state index in [0.717, 1.165) is 17.0 Å². The van der Waals surface area contributed by atoms with Gasteiger partial charge in [0.05, 0.1) is 0 Å². The summed E-state index contributed by atoms with van der Waals surface area (Å²) in [6.07, 6.45) is 11.2. The van der Waals surface area contributed by atoms with Gasteiger partial charge in [-0.25, -0.2) is 0 Å². The third-order valence-corrected chi connectivity index (χ3v) is 2.37. The van der Waals surface area contributed by atoms with Crippen molar-refractivity contribution in [2.24, 2.45) is 5.73 Å². The Balaban J connectivity index is 5.04. The van der Waals surface area contributed by atoms with Crippen molar-refractivity contribution in [3.05, 3.63) is 85.4 Å². The Morgan fingerprint density at radius 3 is 2.21 bits per heavy atom. The van der Waals surface area contributed by atoms with Crippen LogP contribution in [0.5, 0.6) is 0 Å². The maximum atomic E-state index is 5.55. The molecule has 0 aliphatic rings. The van der Waals surface area contributed by atoms with Crippen LogP contribution in [0, 0.1) is 0 Å². The van der Waals surface area contributed by atoms with Crippen molar-refractivity contribution < 1.29 is 0 Å². The zero-order chi connectivity index (χ0) is 14.8. The third-order valence-electron chi connectivity index (χ3n) is 2.37. The van der Waals surface area contributed by atoms with E-state index in [1.165, 1.54) is 0 Å². The lowest BCUT2D eigenvalue weighted by Gasteiger charge is -2.26. The highest BCUT2D eigenvalue weighted by atomic mass is 15.1. The average Bonchev–Trinajstić information content (AvgIpc) is 2.34. The standard InChI is InChI=1S/C17H24N2/c1-7-9-10-15(5)13-19(14(3)4)17(8-2)12-11-16(6)18/h7-12H,1,3,5-6,13,18H2,2,4H3/b10-9-,12-11+,17-8-. The van der Waals surface area contributed by atoms with E-state index >= 15 is 0 Å². The molecule has 0 aliphatic carbocycles. The van der Waals surface area contributed by atoms with Crippen LogP contribution in [-0.4, -0.2) is 11.4 Å². The van der Waals surface area contributed by atoms with Crippen molar-refractivity contribution in [3.63, 3.8) is 0 Å². The van der Waals surface area contributed by atoms with Crippen molar-refractivity contribution >= 4 is 0 Å². The van der Waals surface area contributed by atoms with Crippen LogP contribution in [-0.2, 0) is 0 Å². The first-order valence-electron chi connectivity index (χ1n) is 6.11. The first-order valence-corrected chi connectivity index (χ1v) is 6.11. The number of nitrogens with zero attached hydrogens (tertiary/aromatic N) is 1. The summed E-state index contributed by atoms with van der Waals surface area (Å²) >= 11 is 0. The van der Waals surface area contributed by atoms with E-state index in [9.17, 15) is 0 Å². The molecule has 0 unspecified atom stereocenters. The quantitative estimate of drug-likeness (QED) is 0.664. The molecule has 2 heteroatoms. The molecule has 0 fully saturated rings. The van der Waals surface area contributed by atoms with E-state index < -0.39 is 0 Å². The van der Waals surface area contributed by atoms with E-state index in [2.05, 4.69) is 31.2 Å². The van der Waals surface area contributed by atoms with Crippen LogP contribution in [0.1, 0.15) is 13.8 Å². The average molecular weight is 256 g/mol. The fraction of sp³-hybridized carbons (Fsp3) is 0.176. The van der Waals surface area contributed by atoms with Crippen LogP contribution in [0.4, 0.5) is 0 Å². The van der Waals surface area contributed by atoms with Gasteiger partial charge in [0.25, 0.3) is 0 Å². The Labute approximate surface area is 117 Å². The largest absolute Gasteiger partial charge is 0.399 e. The molecule has 0 aromatic heterocycles. The minimum Gasteiger partial charge on any atom is -0.399 e. The molecule has 0 saturated heterocycles. The second-order valence-corrected chi connectivity index (χ2v) is 4.20. The predicted octanol–water partition coefficient (Wildman–Crippen LogP) is 4.05. The summed E-state index contributed by atoms with van der Waals surface area (Å²) < 4.78 is 0. The zero-order valence-electron chi connectivity index (χ0n) is 12.0. The number of hydrogen-bond acceptors (Lipinski definition) is 2. The predicted molar refractivity (Wildman–Crippen MR) is 86.2 cm³/mol. The number of nitrogens with two attached hydrogens (primary N) is 1. The second kappa shape index (κ2) is 8.81. The topological polar surface area (TPSA) is 29.3 Å². The molecule has 0 spiro atoms. The van der Waals surface area contributed by atoms with Gasteiger partial charge in [0, 0.05) is 23.6 Å². The summed E-state index contributed by atoms with van der Waals surface area (Å²) in [5.41, 5.74) is 8.99. The van der Waals surface area contributed by atoms with Gasteiger partial charge in [0.15, 0.2) is 0 Å². The van der Waals surface area contributed by atoms with E-state index in [0.29, 0.717) is 12.2 Å². The van der Waals surface area contributed by atoms with Gasteiger partial charge in [-0.3, -0.25) is 0 Å². The smallest absolute Gasteiger partial charge is 0.0472 e. The van der Waals surface area contributed by atoms with E-state index in [1.807, 2.05) is 38.2 Å². The highest BCUT2D eigenvalue weighted by molar-refractivity contribution is 5.29. The highest BCUT2D eigenvalue weighted by Gasteiger charge is 2.07. The van der Waals surface area contributed by atoms with Gasteiger partial charge < -0.3 is 10.6 Å². The molecule has 0 radical (unpaired) electrons. The molecule has 2 N–H and O–H groups in total. The SMILES string of the molecule is C=C/C=C\C(=C)CN(C(=C)C)C(=C\C)/C=C/C(=C)N. The van der Waals surface area contributed by atoms with Crippen LogP contribution in [0.25, 0.3) is 0 Å². The van der Waals surface area contributed by atoms with Crippen LogP contribution in [0.15, 0.2) is 85.4 Å². The van der Waals surface area contributed by atoms with Crippen LogP contribution in [0.3, 0.4) is 0 Å². The molecule has 0 amide bonds. The molecule has 0 bridgehead atoms. The first kappa shape index (κ1) is 16.8. The van der Waals surface area contributed by atoms with Gasteiger partial charge in [-0.15, -0.1) is 0 Å². The molecule has 19 heavy (non-hydrogen) atoms. The molecule has 0 rings (SSSR count). The summed E-state index contributed by atoms with van der Waals surface area (Å²) in [5.74, 6) is 0. The zero-order valence-corrected chi connectivity index (χ0v) is 12.0. The molecular formula is C17H24N2. The fourth-order valence-electron chi connectivity index (χ4n) is 1.44. The maximum Gasteiger partial charge on any atom is 0.0472 e. The summed E-state index contributed by atoms with van der Waals surface area (Å²) in [7, 11) is 0. The Morgan fingerprint density at radius 2 is 1.79 bits per heavy atom. The lowest BCUT2D eigenvalue weighted by molar-refractivity contribution is 0.482. The normalized spacial score (nSPS) is 11.8. The van der Waals surface area contributed by atoms with Crippen LogP contribution < -0.4 is 5.73 Å². The van der Waals surface area contributed by atoms with E-state index in [-0.39, 0.29) is 0 Å². The molecule has 102 valence electrons. The minimum atomic E-state index is 0.520.